The van der Waals surface area contributed by atoms with Crippen LogP contribution in [0, 0.1) is 0 Å². The van der Waals surface area contributed by atoms with E-state index in [1.165, 1.54) is 0 Å². The number of hydrogen-bond donors (Lipinski definition) is 3. The first-order valence-corrected chi connectivity index (χ1v) is 3.61. The molecule has 3 N–H and O–H groups in total. The van der Waals surface area contributed by atoms with E-state index in [2.05, 4.69) is 31.2 Å². The van der Waals surface area contributed by atoms with Gasteiger partial charge in [-0.15, -0.1) is 0 Å². The van der Waals surface area contributed by atoms with Crippen LogP contribution in [0.5, 0.6) is 5.88 Å². The molecule has 0 aromatic carbocycles. The second-order valence-corrected chi connectivity index (χ2v) is 2.60. The molecule has 0 aliphatic heterocycles. The van der Waals surface area contributed by atoms with E-state index in [4.69, 9.17) is 5.11 Å². The van der Waals surface area contributed by atoms with Crippen molar-refractivity contribution in [1.29, 1.82) is 0 Å². The molecule has 0 radical (unpaired) electrons. The number of aromatic nitrogens is 2. The third-order valence-electron chi connectivity index (χ3n) is 1.08. The highest BCUT2D eigenvalue weighted by Crippen LogP contribution is 2.15. The molecule has 0 bridgehead atoms. The maximum atomic E-state index is 10.9. The summed E-state index contributed by atoms with van der Waals surface area (Å²) in [7, 11) is 1.59. The van der Waals surface area contributed by atoms with Crippen molar-refractivity contribution in [3.8, 4) is 5.88 Å². The molecule has 0 spiro atoms. The monoisotopic (exact) mass is 219 g/mol. The molecule has 5 nitrogen and oxygen atoms in total. The molecule has 1 aromatic rings. The third kappa shape index (κ3) is 1.51. The molecular formula is C5H6BrN3O2. The lowest BCUT2D eigenvalue weighted by molar-refractivity contribution is 0.448. The summed E-state index contributed by atoms with van der Waals surface area (Å²) in [4.78, 5) is 16.9. The zero-order valence-electron chi connectivity index (χ0n) is 5.68. The second kappa shape index (κ2) is 2.91. The molecule has 6 heteroatoms. The Kier molecular flexibility index (Phi) is 2.13. The zero-order chi connectivity index (χ0) is 8.43. The van der Waals surface area contributed by atoms with Gasteiger partial charge in [-0.1, -0.05) is 0 Å². The number of nitrogens with one attached hydrogen (secondary N) is 2. The van der Waals surface area contributed by atoms with Gasteiger partial charge < -0.3 is 10.4 Å². The van der Waals surface area contributed by atoms with E-state index < -0.39 is 5.56 Å². The van der Waals surface area contributed by atoms with Gasteiger partial charge in [0, 0.05) is 7.05 Å². The number of aromatic amines is 1. The van der Waals surface area contributed by atoms with E-state index in [1.807, 2.05) is 0 Å². The average molecular weight is 220 g/mol. The second-order valence-electron chi connectivity index (χ2n) is 1.80. The van der Waals surface area contributed by atoms with Crippen LogP contribution in [0.3, 0.4) is 0 Å². The highest BCUT2D eigenvalue weighted by molar-refractivity contribution is 9.10. The Bertz CT molecular complexity index is 322. The first-order valence-electron chi connectivity index (χ1n) is 2.81. The fourth-order valence-corrected chi connectivity index (χ4v) is 0.753. The summed E-state index contributed by atoms with van der Waals surface area (Å²) >= 11 is 2.86. The molecule has 11 heavy (non-hydrogen) atoms. The minimum absolute atomic E-state index is 0.0384. The molecule has 0 atom stereocenters. The number of halogens is 1. The zero-order valence-corrected chi connectivity index (χ0v) is 7.27. The summed E-state index contributed by atoms with van der Waals surface area (Å²) in [5, 5.41) is 11.6. The van der Waals surface area contributed by atoms with E-state index in [0.717, 1.165) is 0 Å². The van der Waals surface area contributed by atoms with Gasteiger partial charge in [0.25, 0.3) is 5.56 Å². The summed E-state index contributed by atoms with van der Waals surface area (Å²) in [6, 6.07) is 0. The maximum Gasteiger partial charge on any atom is 0.270 e. The smallest absolute Gasteiger partial charge is 0.270 e. The lowest BCUT2D eigenvalue weighted by atomic mass is 10.6. The van der Waals surface area contributed by atoms with Gasteiger partial charge in [0.05, 0.1) is 0 Å². The van der Waals surface area contributed by atoms with Gasteiger partial charge in [0.1, 0.15) is 4.47 Å². The average Bonchev–Trinajstić information content (AvgIpc) is 1.99. The fourth-order valence-electron chi connectivity index (χ4n) is 0.565. The Balaban J connectivity index is 3.32. The largest absolute Gasteiger partial charge is 0.492 e. The fraction of sp³-hybridized carbons (Fsp3) is 0.200. The van der Waals surface area contributed by atoms with E-state index in [9.17, 15) is 4.79 Å². The van der Waals surface area contributed by atoms with Gasteiger partial charge in [0.15, 0.2) is 0 Å². The Hall–Kier alpha value is -1.04. The molecule has 0 fully saturated rings. The SMILES string of the molecule is CNc1nc(O)c(Br)c(=O)[nH]1. The van der Waals surface area contributed by atoms with Crippen molar-refractivity contribution >= 4 is 21.9 Å². The predicted molar refractivity (Wildman–Crippen MR) is 43.8 cm³/mol. The molecule has 60 valence electrons. The van der Waals surface area contributed by atoms with Crippen molar-refractivity contribution in [1.82, 2.24) is 9.97 Å². The van der Waals surface area contributed by atoms with Crippen molar-refractivity contribution in [2.45, 2.75) is 0 Å². The normalized spacial score (nSPS) is 9.64. The van der Waals surface area contributed by atoms with Crippen LogP contribution in [0.4, 0.5) is 5.95 Å². The number of rotatable bonds is 1. The molecule has 1 rings (SSSR count). The number of anilines is 1. The predicted octanol–water partition coefficient (Wildman–Crippen LogP) is 0.280. The number of H-pyrrole nitrogens is 1. The molecule has 0 aliphatic carbocycles. The van der Waals surface area contributed by atoms with Crippen LogP contribution < -0.4 is 10.9 Å². The quantitative estimate of drug-likeness (QED) is 0.635. The molecule has 0 amide bonds. The molecule has 1 aromatic heterocycles. The van der Waals surface area contributed by atoms with Gasteiger partial charge in [-0.2, -0.15) is 4.98 Å². The van der Waals surface area contributed by atoms with Gasteiger partial charge in [0.2, 0.25) is 11.8 Å². The van der Waals surface area contributed by atoms with Crippen LogP contribution in [-0.4, -0.2) is 22.1 Å². The lowest BCUT2D eigenvalue weighted by Gasteiger charge is -1.99. The lowest BCUT2D eigenvalue weighted by Crippen LogP contribution is -2.11. The number of nitrogens with zero attached hydrogens (tertiary/aromatic N) is 1. The van der Waals surface area contributed by atoms with Crippen molar-refractivity contribution in [3.63, 3.8) is 0 Å². The Labute approximate surface area is 70.6 Å². The molecular weight excluding hydrogens is 214 g/mol. The molecule has 0 saturated carbocycles. The van der Waals surface area contributed by atoms with Crippen LogP contribution in [0.1, 0.15) is 0 Å². The van der Waals surface area contributed by atoms with Crippen LogP contribution in [0.25, 0.3) is 0 Å². The van der Waals surface area contributed by atoms with E-state index in [0.29, 0.717) is 0 Å². The first-order chi connectivity index (χ1) is 5.15. The van der Waals surface area contributed by atoms with Crippen molar-refractivity contribution < 1.29 is 5.11 Å². The van der Waals surface area contributed by atoms with Gasteiger partial charge in [-0.3, -0.25) is 9.78 Å². The van der Waals surface area contributed by atoms with Gasteiger partial charge in [-0.05, 0) is 15.9 Å². The summed E-state index contributed by atoms with van der Waals surface area (Å²) in [5.74, 6) is -0.0891. The standard InChI is InChI=1S/C5H6BrN3O2/c1-7-5-8-3(10)2(6)4(11)9-5/h1H3,(H3,7,8,9,10,11). The minimum atomic E-state index is -0.415. The maximum absolute atomic E-state index is 10.9. The molecule has 1 heterocycles. The van der Waals surface area contributed by atoms with Crippen molar-refractivity contribution in [2.75, 3.05) is 12.4 Å². The van der Waals surface area contributed by atoms with Crippen LogP contribution in [0.2, 0.25) is 0 Å². The first kappa shape index (κ1) is 8.06. The van der Waals surface area contributed by atoms with Crippen molar-refractivity contribution in [3.05, 3.63) is 14.8 Å². The number of aromatic hydroxyl groups is 1. The molecule has 0 unspecified atom stereocenters. The van der Waals surface area contributed by atoms with Crippen LogP contribution in [-0.2, 0) is 0 Å². The Morgan fingerprint density at radius 1 is 1.73 bits per heavy atom. The summed E-state index contributed by atoms with van der Waals surface area (Å²) in [6.45, 7) is 0. The van der Waals surface area contributed by atoms with Crippen LogP contribution >= 0.6 is 15.9 Å². The summed E-state index contributed by atoms with van der Waals surface area (Å²) in [6.07, 6.45) is 0. The molecule has 0 saturated heterocycles. The number of hydrogen-bond acceptors (Lipinski definition) is 4. The summed E-state index contributed by atoms with van der Waals surface area (Å²) < 4.78 is 0.0384. The molecule has 0 aliphatic rings. The highest BCUT2D eigenvalue weighted by atomic mass is 79.9. The third-order valence-corrected chi connectivity index (χ3v) is 1.80. The van der Waals surface area contributed by atoms with Crippen LogP contribution in [0.15, 0.2) is 9.27 Å². The summed E-state index contributed by atoms with van der Waals surface area (Å²) in [5.41, 5.74) is -0.415. The topological polar surface area (TPSA) is 78.0 Å². The Morgan fingerprint density at radius 2 is 2.36 bits per heavy atom. The Morgan fingerprint density at radius 3 is 2.82 bits per heavy atom. The minimum Gasteiger partial charge on any atom is -0.492 e. The highest BCUT2D eigenvalue weighted by Gasteiger charge is 2.04. The van der Waals surface area contributed by atoms with Gasteiger partial charge >= 0.3 is 0 Å². The van der Waals surface area contributed by atoms with Crippen molar-refractivity contribution in [2.24, 2.45) is 0 Å². The van der Waals surface area contributed by atoms with E-state index >= 15 is 0 Å². The van der Waals surface area contributed by atoms with E-state index in [1.54, 1.807) is 7.05 Å². The van der Waals surface area contributed by atoms with Gasteiger partial charge in [-0.25, -0.2) is 0 Å². The van der Waals surface area contributed by atoms with E-state index in [-0.39, 0.29) is 16.3 Å².